The molecule has 1 aromatic carbocycles. The van der Waals surface area contributed by atoms with Crippen molar-refractivity contribution >= 4 is 16.9 Å². The summed E-state index contributed by atoms with van der Waals surface area (Å²) in [4.78, 5) is 28.3. The van der Waals surface area contributed by atoms with Gasteiger partial charge < -0.3 is 14.6 Å². The van der Waals surface area contributed by atoms with Gasteiger partial charge in [0.15, 0.2) is 0 Å². The Kier molecular flexibility index (Phi) is 5.75. The molecule has 0 atom stereocenters. The van der Waals surface area contributed by atoms with E-state index in [4.69, 9.17) is 4.74 Å². The number of benzene rings is 1. The number of nitrogens with zero attached hydrogens (tertiary/aromatic N) is 4. The van der Waals surface area contributed by atoms with Gasteiger partial charge in [0.25, 0.3) is 11.5 Å². The maximum Gasteiger partial charge on any atom is 0.271 e. The summed E-state index contributed by atoms with van der Waals surface area (Å²) >= 11 is 0. The molecule has 0 unspecified atom stereocenters. The average Bonchev–Trinajstić information content (AvgIpc) is 3.07. The first-order chi connectivity index (χ1) is 12.7. The summed E-state index contributed by atoms with van der Waals surface area (Å²) in [5, 5.41) is 6.91. The van der Waals surface area contributed by atoms with Gasteiger partial charge in [0.2, 0.25) is 0 Å². The second-order valence-corrected chi connectivity index (χ2v) is 5.81. The number of fused-ring (bicyclic) bond motifs is 1. The van der Waals surface area contributed by atoms with Crippen LogP contribution < -0.4 is 10.9 Å². The van der Waals surface area contributed by atoms with Crippen molar-refractivity contribution in [1.29, 1.82) is 0 Å². The molecule has 0 fully saturated rings. The van der Waals surface area contributed by atoms with Gasteiger partial charge in [-0.25, -0.2) is 9.67 Å². The van der Waals surface area contributed by atoms with Crippen LogP contribution in [0.2, 0.25) is 0 Å². The van der Waals surface area contributed by atoms with Crippen LogP contribution in [-0.4, -0.2) is 45.5 Å². The van der Waals surface area contributed by atoms with Crippen molar-refractivity contribution < 1.29 is 9.53 Å². The van der Waals surface area contributed by atoms with E-state index in [1.807, 2.05) is 24.3 Å². The Labute approximate surface area is 150 Å². The Balaban J connectivity index is 1.53. The Morgan fingerprint density at radius 3 is 2.88 bits per heavy atom. The molecule has 0 saturated heterocycles. The minimum atomic E-state index is -0.299. The van der Waals surface area contributed by atoms with Crippen molar-refractivity contribution in [2.75, 3.05) is 20.3 Å². The van der Waals surface area contributed by atoms with Gasteiger partial charge in [-0.05, 0) is 24.6 Å². The number of aryl methyl sites for hydroxylation is 1. The number of methoxy groups -OCH3 is 1. The summed E-state index contributed by atoms with van der Waals surface area (Å²) in [6, 6.07) is 10.7. The summed E-state index contributed by atoms with van der Waals surface area (Å²) in [6.07, 6.45) is 2.56. The van der Waals surface area contributed by atoms with Gasteiger partial charge in [0.1, 0.15) is 5.69 Å². The minimum Gasteiger partial charge on any atom is -0.383 e. The van der Waals surface area contributed by atoms with Crippen LogP contribution >= 0.6 is 0 Å². The Bertz CT molecular complexity index is 947. The standard InChI is InChI=1S/C18H21N5O3/c1-26-12-11-23-17(24)8-7-15(21-23)18(25)19-9-4-10-22-13-20-14-5-2-3-6-16(14)22/h2-3,5-8,13H,4,9-12H2,1H3,(H,19,25). The number of hydrogen-bond donors (Lipinski definition) is 1. The van der Waals surface area contributed by atoms with E-state index < -0.39 is 0 Å². The van der Waals surface area contributed by atoms with Gasteiger partial charge in [-0.15, -0.1) is 0 Å². The van der Waals surface area contributed by atoms with Crippen LogP contribution in [0, 0.1) is 0 Å². The fourth-order valence-corrected chi connectivity index (χ4v) is 2.64. The smallest absolute Gasteiger partial charge is 0.271 e. The molecule has 136 valence electrons. The summed E-state index contributed by atoms with van der Waals surface area (Å²) < 4.78 is 8.23. The molecule has 0 aliphatic heterocycles. The van der Waals surface area contributed by atoms with E-state index in [0.717, 1.165) is 24.0 Å². The molecule has 3 rings (SSSR count). The highest BCUT2D eigenvalue weighted by atomic mass is 16.5. The van der Waals surface area contributed by atoms with Gasteiger partial charge in [-0.3, -0.25) is 9.59 Å². The SMILES string of the molecule is COCCn1nc(C(=O)NCCCn2cnc3ccccc32)ccc1=O. The molecule has 8 nitrogen and oxygen atoms in total. The zero-order valence-electron chi connectivity index (χ0n) is 14.6. The van der Waals surface area contributed by atoms with Crippen molar-refractivity contribution in [3.63, 3.8) is 0 Å². The molecular formula is C18H21N5O3. The van der Waals surface area contributed by atoms with Crippen LogP contribution in [-0.2, 0) is 17.8 Å². The van der Waals surface area contributed by atoms with Gasteiger partial charge in [-0.2, -0.15) is 5.10 Å². The molecule has 1 N–H and O–H groups in total. The molecule has 3 aromatic rings. The van der Waals surface area contributed by atoms with E-state index in [2.05, 4.69) is 20.0 Å². The maximum absolute atomic E-state index is 12.2. The lowest BCUT2D eigenvalue weighted by atomic mass is 10.3. The number of imidazole rings is 1. The third-order valence-corrected chi connectivity index (χ3v) is 4.00. The number of nitrogens with one attached hydrogen (secondary N) is 1. The van der Waals surface area contributed by atoms with Crippen molar-refractivity contribution in [2.24, 2.45) is 0 Å². The number of hydrogen-bond acceptors (Lipinski definition) is 5. The topological polar surface area (TPSA) is 91.0 Å². The summed E-state index contributed by atoms with van der Waals surface area (Å²) in [7, 11) is 1.55. The molecule has 0 aliphatic rings. The fraction of sp³-hybridized carbons (Fsp3) is 0.333. The third kappa shape index (κ3) is 4.15. The van der Waals surface area contributed by atoms with Crippen LogP contribution in [0.4, 0.5) is 0 Å². The molecule has 26 heavy (non-hydrogen) atoms. The maximum atomic E-state index is 12.2. The van der Waals surface area contributed by atoms with Crippen LogP contribution in [0.25, 0.3) is 11.0 Å². The second-order valence-electron chi connectivity index (χ2n) is 5.81. The highest BCUT2D eigenvalue weighted by Crippen LogP contribution is 2.11. The molecule has 0 spiro atoms. The highest BCUT2D eigenvalue weighted by Gasteiger charge is 2.09. The van der Waals surface area contributed by atoms with Crippen LogP contribution in [0.15, 0.2) is 47.5 Å². The molecule has 0 radical (unpaired) electrons. The Morgan fingerprint density at radius 1 is 1.19 bits per heavy atom. The molecule has 1 amide bonds. The van der Waals surface area contributed by atoms with Gasteiger partial charge in [-0.1, -0.05) is 12.1 Å². The first-order valence-electron chi connectivity index (χ1n) is 8.44. The van der Waals surface area contributed by atoms with Crippen LogP contribution in [0.1, 0.15) is 16.9 Å². The van der Waals surface area contributed by atoms with Gasteiger partial charge in [0, 0.05) is 26.3 Å². The predicted octanol–water partition coefficient (Wildman–Crippen LogP) is 1.06. The molecule has 0 bridgehead atoms. The first-order valence-corrected chi connectivity index (χ1v) is 8.44. The van der Waals surface area contributed by atoms with Crippen LogP contribution in [0.5, 0.6) is 0 Å². The lowest BCUT2D eigenvalue weighted by Gasteiger charge is -2.08. The first kappa shape index (κ1) is 17.8. The van der Waals surface area contributed by atoms with E-state index in [1.54, 1.807) is 13.4 Å². The number of para-hydroxylation sites is 2. The van der Waals surface area contributed by atoms with Gasteiger partial charge in [0.05, 0.1) is 30.5 Å². The lowest BCUT2D eigenvalue weighted by Crippen LogP contribution is -2.31. The normalized spacial score (nSPS) is 11.0. The Morgan fingerprint density at radius 2 is 2.04 bits per heavy atom. The zero-order chi connectivity index (χ0) is 18.4. The molecule has 2 aromatic heterocycles. The summed E-state index contributed by atoms with van der Waals surface area (Å²) in [6.45, 7) is 1.92. The number of rotatable bonds is 8. The third-order valence-electron chi connectivity index (χ3n) is 4.00. The van der Waals surface area contributed by atoms with Crippen molar-refractivity contribution in [2.45, 2.75) is 19.5 Å². The minimum absolute atomic E-state index is 0.216. The molecule has 8 heteroatoms. The number of aromatic nitrogens is 4. The van der Waals surface area contributed by atoms with E-state index in [0.29, 0.717) is 19.7 Å². The van der Waals surface area contributed by atoms with Crippen molar-refractivity contribution in [3.05, 3.63) is 58.8 Å². The van der Waals surface area contributed by atoms with Crippen molar-refractivity contribution in [3.8, 4) is 0 Å². The molecule has 0 saturated carbocycles. The number of carbonyl (C=O) groups is 1. The molecule has 2 heterocycles. The average molecular weight is 355 g/mol. The van der Waals surface area contributed by atoms with E-state index in [1.165, 1.54) is 16.8 Å². The highest BCUT2D eigenvalue weighted by molar-refractivity contribution is 5.91. The zero-order valence-corrected chi connectivity index (χ0v) is 14.6. The number of carbonyl (C=O) groups excluding carboxylic acids is 1. The van der Waals surface area contributed by atoms with Crippen molar-refractivity contribution in [1.82, 2.24) is 24.6 Å². The summed E-state index contributed by atoms with van der Waals surface area (Å²) in [5.41, 5.74) is 1.99. The second kappa shape index (κ2) is 8.39. The molecule has 0 aliphatic carbocycles. The Hall–Kier alpha value is -3.00. The van der Waals surface area contributed by atoms with Crippen LogP contribution in [0.3, 0.4) is 0 Å². The van der Waals surface area contributed by atoms with E-state index in [-0.39, 0.29) is 17.2 Å². The number of ether oxygens (including phenoxy) is 1. The monoisotopic (exact) mass is 355 g/mol. The van der Waals surface area contributed by atoms with Gasteiger partial charge >= 0.3 is 0 Å². The quantitative estimate of drug-likeness (QED) is 0.610. The predicted molar refractivity (Wildman–Crippen MR) is 97.1 cm³/mol. The van der Waals surface area contributed by atoms with E-state index >= 15 is 0 Å². The lowest BCUT2D eigenvalue weighted by molar-refractivity contribution is 0.0944. The fourth-order valence-electron chi connectivity index (χ4n) is 2.64. The summed E-state index contributed by atoms with van der Waals surface area (Å²) in [5.74, 6) is -0.299. The number of amides is 1. The van der Waals surface area contributed by atoms with E-state index in [9.17, 15) is 9.59 Å². The molecular weight excluding hydrogens is 334 g/mol. The largest absolute Gasteiger partial charge is 0.383 e.